The molecule has 2 rings (SSSR count). The van der Waals surface area contributed by atoms with E-state index in [4.69, 9.17) is 4.74 Å². The third kappa shape index (κ3) is 6.12. The Hall–Kier alpha value is -2.33. The lowest BCUT2D eigenvalue weighted by Crippen LogP contribution is -2.36. The zero-order valence-electron chi connectivity index (χ0n) is 13.8. The molecule has 0 aliphatic heterocycles. The van der Waals surface area contributed by atoms with Gasteiger partial charge >= 0.3 is 0 Å². The van der Waals surface area contributed by atoms with Crippen molar-refractivity contribution in [3.8, 4) is 5.75 Å². The maximum Gasteiger partial charge on any atom is 0.234 e. The number of amides is 1. The molecule has 0 radical (unpaired) electrons. The molecule has 0 aliphatic carbocycles. The minimum Gasteiger partial charge on any atom is -0.492 e. The molecular formula is C19H24N2O2. The molecule has 0 aromatic heterocycles. The van der Waals surface area contributed by atoms with E-state index >= 15 is 0 Å². The van der Waals surface area contributed by atoms with E-state index < -0.39 is 0 Å². The maximum atomic E-state index is 11.9. The van der Waals surface area contributed by atoms with Crippen molar-refractivity contribution in [3.63, 3.8) is 0 Å². The highest BCUT2D eigenvalue weighted by molar-refractivity contribution is 5.77. The molecule has 4 nitrogen and oxygen atoms in total. The quantitative estimate of drug-likeness (QED) is 0.762. The number of carbonyl (C=O) groups excluding carboxylic acids is 1. The van der Waals surface area contributed by atoms with E-state index in [1.165, 1.54) is 11.1 Å². The van der Waals surface area contributed by atoms with Gasteiger partial charge in [-0.3, -0.25) is 9.69 Å². The SMILES string of the molecule is Cc1ccccc1CN(C)CC(=O)NCCOc1ccccc1. The lowest BCUT2D eigenvalue weighted by Gasteiger charge is -2.17. The number of rotatable bonds is 8. The van der Waals surface area contributed by atoms with Gasteiger partial charge in [0.05, 0.1) is 13.1 Å². The van der Waals surface area contributed by atoms with Gasteiger partial charge in [-0.15, -0.1) is 0 Å². The van der Waals surface area contributed by atoms with Crippen LogP contribution in [0.15, 0.2) is 54.6 Å². The third-order valence-electron chi connectivity index (χ3n) is 3.55. The van der Waals surface area contributed by atoms with Crippen LogP contribution in [0, 0.1) is 6.92 Å². The molecule has 0 unspecified atom stereocenters. The lowest BCUT2D eigenvalue weighted by molar-refractivity contribution is -0.122. The summed E-state index contributed by atoms with van der Waals surface area (Å²) in [4.78, 5) is 13.9. The number of likely N-dealkylation sites (N-methyl/N-ethyl adjacent to an activating group) is 1. The summed E-state index contributed by atoms with van der Waals surface area (Å²) >= 11 is 0. The summed E-state index contributed by atoms with van der Waals surface area (Å²) in [5, 5.41) is 2.88. The molecule has 2 aromatic rings. The highest BCUT2D eigenvalue weighted by Crippen LogP contribution is 2.09. The van der Waals surface area contributed by atoms with Crippen molar-refractivity contribution in [3.05, 3.63) is 65.7 Å². The first kappa shape index (κ1) is 17.0. The Kier molecular flexibility index (Phi) is 6.63. The van der Waals surface area contributed by atoms with Gasteiger partial charge in [0.2, 0.25) is 5.91 Å². The molecular weight excluding hydrogens is 288 g/mol. The van der Waals surface area contributed by atoms with Gasteiger partial charge in [-0.25, -0.2) is 0 Å². The van der Waals surface area contributed by atoms with Crippen LogP contribution in [-0.4, -0.2) is 37.6 Å². The van der Waals surface area contributed by atoms with Gasteiger partial charge in [0.25, 0.3) is 0 Å². The first-order valence-electron chi connectivity index (χ1n) is 7.83. The fourth-order valence-electron chi connectivity index (χ4n) is 2.31. The molecule has 0 fully saturated rings. The van der Waals surface area contributed by atoms with Crippen molar-refractivity contribution in [2.24, 2.45) is 0 Å². The van der Waals surface area contributed by atoms with E-state index in [1.807, 2.05) is 54.4 Å². The van der Waals surface area contributed by atoms with Crippen molar-refractivity contribution in [1.82, 2.24) is 10.2 Å². The second kappa shape index (κ2) is 8.96. The van der Waals surface area contributed by atoms with Crippen LogP contribution < -0.4 is 10.1 Å². The number of hydrogen-bond donors (Lipinski definition) is 1. The first-order chi connectivity index (χ1) is 11.1. The van der Waals surface area contributed by atoms with E-state index in [1.54, 1.807) is 0 Å². The minimum absolute atomic E-state index is 0.0118. The predicted octanol–water partition coefficient (Wildman–Crippen LogP) is 2.62. The Bertz CT molecular complexity index is 614. The van der Waals surface area contributed by atoms with Crippen molar-refractivity contribution < 1.29 is 9.53 Å². The predicted molar refractivity (Wildman–Crippen MR) is 92.5 cm³/mol. The number of para-hydroxylation sites is 1. The number of benzene rings is 2. The number of hydrogen-bond acceptors (Lipinski definition) is 3. The van der Waals surface area contributed by atoms with E-state index in [0.29, 0.717) is 19.7 Å². The standard InChI is InChI=1S/C19H24N2O2/c1-16-8-6-7-9-17(16)14-21(2)15-19(22)20-12-13-23-18-10-4-3-5-11-18/h3-11H,12-15H2,1-2H3,(H,20,22). The van der Waals surface area contributed by atoms with Crippen LogP contribution >= 0.6 is 0 Å². The number of nitrogens with zero attached hydrogens (tertiary/aromatic N) is 1. The van der Waals surface area contributed by atoms with Gasteiger partial charge in [-0.05, 0) is 37.2 Å². The van der Waals surface area contributed by atoms with Gasteiger partial charge < -0.3 is 10.1 Å². The Morgan fingerprint density at radius 2 is 1.78 bits per heavy atom. The fourth-order valence-corrected chi connectivity index (χ4v) is 2.31. The molecule has 1 amide bonds. The monoisotopic (exact) mass is 312 g/mol. The van der Waals surface area contributed by atoms with Gasteiger partial charge in [-0.1, -0.05) is 42.5 Å². The molecule has 122 valence electrons. The summed E-state index contributed by atoms with van der Waals surface area (Å²) in [6, 6.07) is 17.8. The lowest BCUT2D eigenvalue weighted by atomic mass is 10.1. The van der Waals surface area contributed by atoms with E-state index in [0.717, 1.165) is 12.3 Å². The van der Waals surface area contributed by atoms with Crippen molar-refractivity contribution >= 4 is 5.91 Å². The van der Waals surface area contributed by atoms with Crippen molar-refractivity contribution in [2.45, 2.75) is 13.5 Å². The minimum atomic E-state index is 0.0118. The molecule has 4 heteroatoms. The van der Waals surface area contributed by atoms with E-state index in [-0.39, 0.29) is 5.91 Å². The highest BCUT2D eigenvalue weighted by Gasteiger charge is 2.07. The molecule has 1 N–H and O–H groups in total. The molecule has 0 heterocycles. The largest absolute Gasteiger partial charge is 0.492 e. The Labute approximate surface area is 138 Å². The number of ether oxygens (including phenoxy) is 1. The Balaban J connectivity index is 1.65. The summed E-state index contributed by atoms with van der Waals surface area (Å²) in [6.07, 6.45) is 0. The van der Waals surface area contributed by atoms with Gasteiger partial charge in [-0.2, -0.15) is 0 Å². The molecule has 0 spiro atoms. The van der Waals surface area contributed by atoms with Crippen molar-refractivity contribution in [2.75, 3.05) is 26.7 Å². The fraction of sp³-hybridized carbons (Fsp3) is 0.316. The normalized spacial score (nSPS) is 10.6. The van der Waals surface area contributed by atoms with Crippen LogP contribution in [0.2, 0.25) is 0 Å². The Morgan fingerprint density at radius 1 is 1.09 bits per heavy atom. The molecule has 2 aromatic carbocycles. The second-order valence-corrected chi connectivity index (χ2v) is 5.61. The summed E-state index contributed by atoms with van der Waals surface area (Å²) in [5.74, 6) is 0.830. The molecule has 0 atom stereocenters. The average Bonchev–Trinajstić information content (AvgIpc) is 2.55. The van der Waals surface area contributed by atoms with Crippen LogP contribution in [0.1, 0.15) is 11.1 Å². The number of nitrogens with one attached hydrogen (secondary N) is 1. The third-order valence-corrected chi connectivity index (χ3v) is 3.55. The summed E-state index contributed by atoms with van der Waals surface area (Å²) in [7, 11) is 1.95. The van der Waals surface area contributed by atoms with Crippen LogP contribution in [-0.2, 0) is 11.3 Å². The van der Waals surface area contributed by atoms with Gasteiger partial charge in [0.15, 0.2) is 0 Å². The number of aryl methyl sites for hydroxylation is 1. The van der Waals surface area contributed by atoms with Crippen LogP contribution in [0.4, 0.5) is 0 Å². The maximum absolute atomic E-state index is 11.9. The smallest absolute Gasteiger partial charge is 0.234 e. The highest BCUT2D eigenvalue weighted by atomic mass is 16.5. The van der Waals surface area contributed by atoms with Crippen LogP contribution in [0.5, 0.6) is 5.75 Å². The van der Waals surface area contributed by atoms with Gasteiger partial charge in [0.1, 0.15) is 12.4 Å². The van der Waals surface area contributed by atoms with E-state index in [9.17, 15) is 4.79 Å². The molecule has 23 heavy (non-hydrogen) atoms. The first-order valence-corrected chi connectivity index (χ1v) is 7.83. The van der Waals surface area contributed by atoms with Crippen molar-refractivity contribution in [1.29, 1.82) is 0 Å². The Morgan fingerprint density at radius 3 is 2.52 bits per heavy atom. The zero-order chi connectivity index (χ0) is 16.5. The molecule has 0 bridgehead atoms. The van der Waals surface area contributed by atoms with Crippen LogP contribution in [0.3, 0.4) is 0 Å². The second-order valence-electron chi connectivity index (χ2n) is 5.61. The summed E-state index contributed by atoms with van der Waals surface area (Å²) in [6.45, 7) is 4.20. The molecule has 0 saturated carbocycles. The topological polar surface area (TPSA) is 41.6 Å². The summed E-state index contributed by atoms with van der Waals surface area (Å²) in [5.41, 5.74) is 2.49. The average molecular weight is 312 g/mol. The summed E-state index contributed by atoms with van der Waals surface area (Å²) < 4.78 is 5.54. The molecule has 0 aliphatic rings. The van der Waals surface area contributed by atoms with Crippen LogP contribution in [0.25, 0.3) is 0 Å². The van der Waals surface area contributed by atoms with Gasteiger partial charge in [0, 0.05) is 6.54 Å². The zero-order valence-corrected chi connectivity index (χ0v) is 13.8. The number of carbonyl (C=O) groups is 1. The van der Waals surface area contributed by atoms with E-state index in [2.05, 4.69) is 24.4 Å². The molecule has 0 saturated heterocycles.